The first-order chi connectivity index (χ1) is 7.76. The summed E-state index contributed by atoms with van der Waals surface area (Å²) in [5.41, 5.74) is -0.504. The number of amides is 2. The predicted molar refractivity (Wildman–Crippen MR) is 63.2 cm³/mol. The van der Waals surface area contributed by atoms with Crippen molar-refractivity contribution in [2.24, 2.45) is 0 Å². The van der Waals surface area contributed by atoms with Crippen molar-refractivity contribution >= 4 is 12.0 Å². The third kappa shape index (κ3) is 8.50. The Morgan fingerprint density at radius 3 is 2.35 bits per heavy atom. The van der Waals surface area contributed by atoms with E-state index in [1.807, 2.05) is 0 Å². The summed E-state index contributed by atoms with van der Waals surface area (Å²) in [6.07, 6.45) is 0.399. The van der Waals surface area contributed by atoms with E-state index < -0.39 is 11.7 Å². The SMILES string of the molecule is CON(C)C(=O)CCCNC(=O)OC(C)(C)C. The summed E-state index contributed by atoms with van der Waals surface area (Å²) in [7, 11) is 2.97. The molecule has 0 aliphatic rings. The fourth-order valence-electron chi connectivity index (χ4n) is 1.00. The van der Waals surface area contributed by atoms with Gasteiger partial charge in [0, 0.05) is 20.0 Å². The summed E-state index contributed by atoms with van der Waals surface area (Å²) in [5, 5.41) is 3.74. The molecule has 6 heteroatoms. The molecule has 0 aromatic carbocycles. The minimum Gasteiger partial charge on any atom is -0.444 e. The number of hydrogen-bond donors (Lipinski definition) is 1. The lowest BCUT2D eigenvalue weighted by Gasteiger charge is -2.19. The minimum atomic E-state index is -0.504. The molecule has 0 rings (SSSR count). The average molecular weight is 246 g/mol. The lowest BCUT2D eigenvalue weighted by atomic mass is 10.2. The second-order valence-corrected chi connectivity index (χ2v) is 4.61. The molecule has 0 atom stereocenters. The number of nitrogens with one attached hydrogen (secondary N) is 1. The number of nitrogens with zero attached hydrogens (tertiary/aromatic N) is 1. The summed E-state index contributed by atoms with van der Waals surface area (Å²) in [6.45, 7) is 5.79. The Morgan fingerprint density at radius 2 is 1.88 bits per heavy atom. The van der Waals surface area contributed by atoms with Gasteiger partial charge in [-0.25, -0.2) is 9.86 Å². The third-order valence-corrected chi connectivity index (χ3v) is 1.86. The highest BCUT2D eigenvalue weighted by Crippen LogP contribution is 2.06. The van der Waals surface area contributed by atoms with Crippen LogP contribution in [0.15, 0.2) is 0 Å². The van der Waals surface area contributed by atoms with Gasteiger partial charge in [-0.1, -0.05) is 0 Å². The van der Waals surface area contributed by atoms with Crippen molar-refractivity contribution < 1.29 is 19.2 Å². The van der Waals surface area contributed by atoms with Crippen LogP contribution in [0.25, 0.3) is 0 Å². The summed E-state index contributed by atoms with van der Waals surface area (Å²) < 4.78 is 5.04. The van der Waals surface area contributed by atoms with Crippen LogP contribution in [0.1, 0.15) is 33.6 Å². The topological polar surface area (TPSA) is 67.9 Å². The zero-order valence-corrected chi connectivity index (χ0v) is 11.2. The highest BCUT2D eigenvalue weighted by Gasteiger charge is 2.15. The Kier molecular flexibility index (Phi) is 6.57. The van der Waals surface area contributed by atoms with Gasteiger partial charge in [-0.2, -0.15) is 0 Å². The number of ether oxygens (including phenoxy) is 1. The summed E-state index contributed by atoms with van der Waals surface area (Å²) in [6, 6.07) is 0. The molecule has 0 saturated carbocycles. The number of hydrogen-bond acceptors (Lipinski definition) is 4. The van der Waals surface area contributed by atoms with E-state index in [1.165, 1.54) is 7.11 Å². The number of carbonyl (C=O) groups excluding carboxylic acids is 2. The van der Waals surface area contributed by atoms with Crippen LogP contribution in [0.2, 0.25) is 0 Å². The second kappa shape index (κ2) is 7.11. The largest absolute Gasteiger partial charge is 0.444 e. The van der Waals surface area contributed by atoms with Crippen LogP contribution < -0.4 is 5.32 Å². The summed E-state index contributed by atoms with van der Waals surface area (Å²) >= 11 is 0. The van der Waals surface area contributed by atoms with E-state index in [-0.39, 0.29) is 5.91 Å². The molecule has 2 amide bonds. The van der Waals surface area contributed by atoms with Gasteiger partial charge in [0.15, 0.2) is 0 Å². The van der Waals surface area contributed by atoms with E-state index in [1.54, 1.807) is 27.8 Å². The molecule has 0 aromatic heterocycles. The number of rotatable bonds is 5. The lowest BCUT2D eigenvalue weighted by Crippen LogP contribution is -2.33. The maximum absolute atomic E-state index is 11.3. The van der Waals surface area contributed by atoms with Gasteiger partial charge in [-0.3, -0.25) is 9.63 Å². The molecule has 0 saturated heterocycles. The van der Waals surface area contributed by atoms with Crippen molar-refractivity contribution in [1.29, 1.82) is 0 Å². The number of alkyl carbamates (subject to hydrolysis) is 1. The van der Waals surface area contributed by atoms with Crippen molar-refractivity contribution in [1.82, 2.24) is 10.4 Å². The Labute approximate surface area is 102 Å². The lowest BCUT2D eigenvalue weighted by molar-refractivity contribution is -0.168. The van der Waals surface area contributed by atoms with Gasteiger partial charge in [0.05, 0.1) is 7.11 Å². The zero-order valence-electron chi connectivity index (χ0n) is 11.2. The molecule has 0 heterocycles. The Bertz CT molecular complexity index is 261. The zero-order chi connectivity index (χ0) is 13.5. The molecule has 0 aliphatic heterocycles. The van der Waals surface area contributed by atoms with E-state index in [0.29, 0.717) is 19.4 Å². The maximum atomic E-state index is 11.3. The van der Waals surface area contributed by atoms with Gasteiger partial charge < -0.3 is 10.1 Å². The van der Waals surface area contributed by atoms with Gasteiger partial charge in [-0.15, -0.1) is 0 Å². The average Bonchev–Trinajstić information content (AvgIpc) is 2.20. The number of carbonyl (C=O) groups is 2. The van der Waals surface area contributed by atoms with Crippen LogP contribution in [0.5, 0.6) is 0 Å². The Hall–Kier alpha value is -1.30. The molecule has 0 fully saturated rings. The molecular weight excluding hydrogens is 224 g/mol. The first-order valence-corrected chi connectivity index (χ1v) is 5.54. The van der Waals surface area contributed by atoms with Crippen LogP contribution >= 0.6 is 0 Å². The molecule has 0 unspecified atom stereocenters. The van der Waals surface area contributed by atoms with E-state index >= 15 is 0 Å². The van der Waals surface area contributed by atoms with Gasteiger partial charge >= 0.3 is 6.09 Å². The van der Waals surface area contributed by atoms with Crippen molar-refractivity contribution in [2.45, 2.75) is 39.2 Å². The standard InChI is InChI=1S/C11H22N2O4/c1-11(2,3)17-10(15)12-8-6-7-9(14)13(4)16-5/h6-8H2,1-5H3,(H,12,15). The van der Waals surface area contributed by atoms with Crippen molar-refractivity contribution in [3.63, 3.8) is 0 Å². The van der Waals surface area contributed by atoms with Gasteiger partial charge in [0.25, 0.3) is 0 Å². The van der Waals surface area contributed by atoms with Crippen LogP contribution in [0.3, 0.4) is 0 Å². The molecule has 17 heavy (non-hydrogen) atoms. The molecule has 6 nitrogen and oxygen atoms in total. The van der Waals surface area contributed by atoms with Crippen LogP contribution in [-0.4, -0.2) is 43.4 Å². The summed E-state index contributed by atoms with van der Waals surface area (Å²) in [4.78, 5) is 27.3. The highest BCUT2D eigenvalue weighted by atomic mass is 16.7. The van der Waals surface area contributed by atoms with Crippen LogP contribution in [-0.2, 0) is 14.4 Å². The fourth-order valence-corrected chi connectivity index (χ4v) is 1.00. The molecule has 0 bridgehead atoms. The van der Waals surface area contributed by atoms with E-state index in [4.69, 9.17) is 9.57 Å². The quantitative estimate of drug-likeness (QED) is 0.586. The smallest absolute Gasteiger partial charge is 0.407 e. The Balaban J connectivity index is 3.65. The molecule has 100 valence electrons. The molecule has 0 aromatic rings. The van der Waals surface area contributed by atoms with Gasteiger partial charge in [0.1, 0.15) is 5.60 Å². The van der Waals surface area contributed by atoms with Gasteiger partial charge in [-0.05, 0) is 27.2 Å². The highest BCUT2D eigenvalue weighted by molar-refractivity contribution is 5.74. The van der Waals surface area contributed by atoms with Crippen LogP contribution in [0.4, 0.5) is 4.79 Å². The maximum Gasteiger partial charge on any atom is 0.407 e. The Morgan fingerprint density at radius 1 is 1.29 bits per heavy atom. The fraction of sp³-hybridized carbons (Fsp3) is 0.818. The van der Waals surface area contributed by atoms with Crippen LogP contribution in [0, 0.1) is 0 Å². The second-order valence-electron chi connectivity index (χ2n) is 4.61. The number of hydroxylamine groups is 2. The monoisotopic (exact) mass is 246 g/mol. The van der Waals surface area contributed by atoms with E-state index in [0.717, 1.165) is 5.06 Å². The van der Waals surface area contributed by atoms with Crippen molar-refractivity contribution in [3.05, 3.63) is 0 Å². The third-order valence-electron chi connectivity index (χ3n) is 1.86. The molecule has 0 radical (unpaired) electrons. The van der Waals surface area contributed by atoms with Gasteiger partial charge in [0.2, 0.25) is 5.91 Å². The predicted octanol–water partition coefficient (Wildman–Crippen LogP) is 1.31. The van der Waals surface area contributed by atoms with E-state index in [2.05, 4.69) is 5.32 Å². The van der Waals surface area contributed by atoms with Crippen molar-refractivity contribution in [3.8, 4) is 0 Å². The molecular formula is C11H22N2O4. The first kappa shape index (κ1) is 15.7. The summed E-state index contributed by atoms with van der Waals surface area (Å²) in [5.74, 6) is -0.126. The molecule has 0 aliphatic carbocycles. The molecule has 1 N–H and O–H groups in total. The normalized spacial score (nSPS) is 10.9. The minimum absolute atomic E-state index is 0.126. The molecule has 0 spiro atoms. The van der Waals surface area contributed by atoms with Crippen molar-refractivity contribution in [2.75, 3.05) is 20.7 Å². The first-order valence-electron chi connectivity index (χ1n) is 5.54. The van der Waals surface area contributed by atoms with E-state index in [9.17, 15) is 9.59 Å².